The van der Waals surface area contributed by atoms with Crippen molar-refractivity contribution in [2.24, 2.45) is 0 Å². The fourth-order valence-corrected chi connectivity index (χ4v) is 2.15. The zero-order chi connectivity index (χ0) is 17.7. The van der Waals surface area contributed by atoms with E-state index < -0.39 is 23.7 Å². The molecule has 0 bridgehead atoms. The van der Waals surface area contributed by atoms with Gasteiger partial charge in [0.15, 0.2) is 6.10 Å². The Morgan fingerprint density at radius 3 is 2.54 bits per heavy atom. The van der Waals surface area contributed by atoms with Gasteiger partial charge in [0.2, 0.25) is 0 Å². The summed E-state index contributed by atoms with van der Waals surface area (Å²) in [4.78, 5) is 23.8. The van der Waals surface area contributed by atoms with E-state index in [0.717, 1.165) is 11.6 Å². The van der Waals surface area contributed by atoms with Crippen molar-refractivity contribution in [2.45, 2.75) is 20.0 Å². The molecule has 2 rings (SSSR count). The van der Waals surface area contributed by atoms with Crippen LogP contribution in [0, 0.1) is 12.7 Å². The maximum Gasteiger partial charge on any atom is 0.279 e. The third-order valence-corrected chi connectivity index (χ3v) is 3.46. The van der Waals surface area contributed by atoms with Gasteiger partial charge in [-0.25, -0.2) is 4.39 Å². The molecule has 1 unspecified atom stereocenters. The average molecular weight is 351 g/mol. The number of benzene rings is 2. The van der Waals surface area contributed by atoms with Crippen LogP contribution in [-0.2, 0) is 4.79 Å². The number of halogens is 2. The lowest BCUT2D eigenvalue weighted by atomic mass is 10.2. The van der Waals surface area contributed by atoms with Gasteiger partial charge in [0.05, 0.1) is 5.56 Å². The van der Waals surface area contributed by atoms with E-state index >= 15 is 0 Å². The minimum absolute atomic E-state index is 0.167. The molecule has 24 heavy (non-hydrogen) atoms. The van der Waals surface area contributed by atoms with Gasteiger partial charge in [0.25, 0.3) is 11.8 Å². The van der Waals surface area contributed by atoms with Crippen molar-refractivity contribution in [3.8, 4) is 5.75 Å². The molecule has 0 radical (unpaired) electrons. The summed E-state index contributed by atoms with van der Waals surface area (Å²) in [6, 6.07) is 10.5. The minimum Gasteiger partial charge on any atom is -0.481 e. The highest BCUT2D eigenvalue weighted by atomic mass is 35.5. The molecule has 126 valence electrons. The van der Waals surface area contributed by atoms with Gasteiger partial charge >= 0.3 is 0 Å². The zero-order valence-electron chi connectivity index (χ0n) is 13.1. The summed E-state index contributed by atoms with van der Waals surface area (Å²) >= 11 is 5.86. The molecule has 0 saturated carbocycles. The summed E-state index contributed by atoms with van der Waals surface area (Å²) < 4.78 is 19.0. The van der Waals surface area contributed by atoms with Crippen molar-refractivity contribution in [3.05, 3.63) is 64.4 Å². The quantitative estimate of drug-likeness (QED) is 0.833. The van der Waals surface area contributed by atoms with E-state index in [9.17, 15) is 14.0 Å². The number of carbonyl (C=O) groups excluding carboxylic acids is 2. The first-order chi connectivity index (χ1) is 11.4. The molecule has 0 heterocycles. The molecular weight excluding hydrogens is 335 g/mol. The van der Waals surface area contributed by atoms with Gasteiger partial charge < -0.3 is 4.74 Å². The van der Waals surface area contributed by atoms with E-state index in [0.29, 0.717) is 10.8 Å². The van der Waals surface area contributed by atoms with Crippen LogP contribution in [0.1, 0.15) is 22.8 Å². The van der Waals surface area contributed by atoms with Crippen LogP contribution in [0.15, 0.2) is 42.5 Å². The smallest absolute Gasteiger partial charge is 0.279 e. The SMILES string of the molecule is Cc1cc(Cl)ccc1OC(C)C(=O)NNC(=O)c1ccccc1F. The van der Waals surface area contributed by atoms with Gasteiger partial charge in [-0.15, -0.1) is 0 Å². The van der Waals surface area contributed by atoms with Crippen molar-refractivity contribution in [2.75, 3.05) is 0 Å². The van der Waals surface area contributed by atoms with Crippen LogP contribution in [0.25, 0.3) is 0 Å². The fourth-order valence-electron chi connectivity index (χ4n) is 1.92. The normalized spacial score (nSPS) is 11.5. The second-order valence-corrected chi connectivity index (χ2v) is 5.53. The maximum atomic E-state index is 13.5. The van der Waals surface area contributed by atoms with Crippen LogP contribution in [0.3, 0.4) is 0 Å². The van der Waals surface area contributed by atoms with Crippen LogP contribution < -0.4 is 15.6 Å². The molecule has 1 atom stereocenters. The number of amides is 2. The lowest BCUT2D eigenvalue weighted by molar-refractivity contribution is -0.128. The topological polar surface area (TPSA) is 67.4 Å². The highest BCUT2D eigenvalue weighted by Gasteiger charge is 2.17. The molecular formula is C17H16ClFN2O3. The van der Waals surface area contributed by atoms with E-state index in [1.54, 1.807) is 25.1 Å². The number of hydrogen-bond donors (Lipinski definition) is 2. The summed E-state index contributed by atoms with van der Waals surface area (Å²) in [5, 5.41) is 0.564. The van der Waals surface area contributed by atoms with Gasteiger partial charge in [0.1, 0.15) is 11.6 Å². The van der Waals surface area contributed by atoms with Crippen molar-refractivity contribution in [3.63, 3.8) is 0 Å². The molecule has 0 aliphatic rings. The molecule has 2 aromatic rings. The van der Waals surface area contributed by atoms with E-state index in [4.69, 9.17) is 16.3 Å². The van der Waals surface area contributed by atoms with E-state index in [-0.39, 0.29) is 5.56 Å². The molecule has 0 spiro atoms. The largest absolute Gasteiger partial charge is 0.481 e. The minimum atomic E-state index is -0.870. The van der Waals surface area contributed by atoms with Gasteiger partial charge in [-0.2, -0.15) is 0 Å². The number of nitrogens with one attached hydrogen (secondary N) is 2. The Morgan fingerprint density at radius 1 is 1.17 bits per heavy atom. The number of ether oxygens (including phenoxy) is 1. The van der Waals surface area contributed by atoms with Gasteiger partial charge in [-0.1, -0.05) is 23.7 Å². The molecule has 0 aliphatic heterocycles. The highest BCUT2D eigenvalue weighted by Crippen LogP contribution is 2.22. The van der Waals surface area contributed by atoms with Gasteiger partial charge in [0, 0.05) is 5.02 Å². The Hall–Kier alpha value is -2.60. The van der Waals surface area contributed by atoms with Crippen molar-refractivity contribution in [1.29, 1.82) is 0 Å². The Balaban J connectivity index is 1.92. The average Bonchev–Trinajstić information content (AvgIpc) is 2.55. The third-order valence-electron chi connectivity index (χ3n) is 3.23. The second-order valence-electron chi connectivity index (χ2n) is 5.09. The molecule has 2 N–H and O–H groups in total. The van der Waals surface area contributed by atoms with Crippen LogP contribution in [0.5, 0.6) is 5.75 Å². The number of aryl methyl sites for hydroxylation is 1. The van der Waals surface area contributed by atoms with E-state index in [2.05, 4.69) is 10.9 Å². The van der Waals surface area contributed by atoms with E-state index in [1.165, 1.54) is 25.1 Å². The molecule has 0 saturated heterocycles. The highest BCUT2D eigenvalue weighted by molar-refractivity contribution is 6.30. The first-order valence-electron chi connectivity index (χ1n) is 7.16. The summed E-state index contributed by atoms with van der Waals surface area (Å²) in [6.45, 7) is 3.32. The van der Waals surface area contributed by atoms with Crippen LogP contribution in [0.4, 0.5) is 4.39 Å². The monoisotopic (exact) mass is 350 g/mol. The fraction of sp³-hybridized carbons (Fsp3) is 0.176. The summed E-state index contributed by atoms with van der Waals surface area (Å²) in [5.74, 6) is -1.50. The number of rotatable bonds is 4. The Kier molecular flexibility index (Phi) is 5.76. The number of hydrazine groups is 1. The molecule has 0 fully saturated rings. The van der Waals surface area contributed by atoms with Crippen molar-refractivity contribution >= 4 is 23.4 Å². The Morgan fingerprint density at radius 2 is 1.88 bits per heavy atom. The lowest BCUT2D eigenvalue weighted by Crippen LogP contribution is -2.47. The molecule has 2 amide bonds. The van der Waals surface area contributed by atoms with Crippen molar-refractivity contribution < 1.29 is 18.7 Å². The molecule has 2 aromatic carbocycles. The van der Waals surface area contributed by atoms with Crippen molar-refractivity contribution in [1.82, 2.24) is 10.9 Å². The summed E-state index contributed by atoms with van der Waals surface area (Å²) in [6.07, 6.45) is -0.870. The number of hydrogen-bond acceptors (Lipinski definition) is 3. The molecule has 0 aromatic heterocycles. The van der Waals surface area contributed by atoms with Gasteiger partial charge in [-0.05, 0) is 49.7 Å². The number of carbonyl (C=O) groups is 2. The lowest BCUT2D eigenvalue weighted by Gasteiger charge is -2.16. The van der Waals surface area contributed by atoms with E-state index in [1.807, 2.05) is 0 Å². The Bertz CT molecular complexity index is 767. The predicted molar refractivity (Wildman–Crippen MR) is 88.3 cm³/mol. The molecule has 7 heteroatoms. The standard InChI is InChI=1S/C17H16ClFN2O3/c1-10-9-12(18)7-8-15(10)24-11(2)16(22)20-21-17(23)13-5-3-4-6-14(13)19/h3-9,11H,1-2H3,(H,20,22)(H,21,23). The first-order valence-corrected chi connectivity index (χ1v) is 7.54. The van der Waals surface area contributed by atoms with Gasteiger partial charge in [-0.3, -0.25) is 20.4 Å². The van der Waals surface area contributed by atoms with Crippen LogP contribution in [-0.4, -0.2) is 17.9 Å². The van der Waals surface area contributed by atoms with Crippen LogP contribution in [0.2, 0.25) is 5.02 Å². The molecule has 5 nitrogen and oxygen atoms in total. The maximum absolute atomic E-state index is 13.5. The zero-order valence-corrected chi connectivity index (χ0v) is 13.9. The summed E-state index contributed by atoms with van der Waals surface area (Å²) in [7, 11) is 0. The third kappa shape index (κ3) is 4.45. The Labute approximate surface area is 143 Å². The first kappa shape index (κ1) is 17.7. The summed E-state index contributed by atoms with van der Waals surface area (Å²) in [5.41, 5.74) is 4.96. The molecule has 0 aliphatic carbocycles. The predicted octanol–water partition coefficient (Wildman–Crippen LogP) is 3.02. The van der Waals surface area contributed by atoms with Crippen LogP contribution >= 0.6 is 11.6 Å². The second kappa shape index (κ2) is 7.79.